The van der Waals surface area contributed by atoms with Crippen molar-refractivity contribution in [3.8, 4) is 34.8 Å². The summed E-state index contributed by atoms with van der Waals surface area (Å²) in [6, 6.07) is 8.24. The lowest BCUT2D eigenvalue weighted by Crippen LogP contribution is -2.63. The number of benzene rings is 2. The molecule has 7 N–H and O–H groups in total. The first kappa shape index (κ1) is 23.1. The minimum atomic E-state index is -1.40. The first-order valence-electron chi connectivity index (χ1n) is 10.2. The number of fused-ring (bicyclic) bond motifs is 1. The van der Waals surface area contributed by atoms with Gasteiger partial charge >= 0.3 is 0 Å². The molecule has 4 rings (SSSR count). The number of aliphatic hydroxyl groups is 3. The van der Waals surface area contributed by atoms with E-state index in [0.29, 0.717) is 11.1 Å². The monoisotopic (exact) mass is 460 g/mol. The summed E-state index contributed by atoms with van der Waals surface area (Å²) in [5, 5.41) is 68.7. The second-order valence-corrected chi connectivity index (χ2v) is 7.86. The lowest BCUT2D eigenvalue weighted by atomic mass is 9.94. The van der Waals surface area contributed by atoms with Crippen LogP contribution >= 0.6 is 0 Å². The van der Waals surface area contributed by atoms with Crippen LogP contribution in [0.3, 0.4) is 0 Å². The van der Waals surface area contributed by atoms with Crippen molar-refractivity contribution >= 4 is 0 Å². The van der Waals surface area contributed by atoms with Gasteiger partial charge in [0, 0.05) is 12.0 Å². The molecule has 2 aliphatic rings. The Bertz CT molecular complexity index is 1060. The summed E-state index contributed by atoms with van der Waals surface area (Å²) in [6.45, 7) is -0.533. The highest BCUT2D eigenvalue weighted by molar-refractivity contribution is 5.47. The molecule has 33 heavy (non-hydrogen) atoms. The Kier molecular flexibility index (Phi) is 6.62. The largest absolute Gasteiger partial charge is 0.504 e. The first-order chi connectivity index (χ1) is 15.8. The number of aromatic hydroxyl groups is 4. The van der Waals surface area contributed by atoms with Crippen molar-refractivity contribution in [1.29, 1.82) is 0 Å². The lowest BCUT2D eigenvalue weighted by Gasteiger charge is -2.48. The fraction of sp³-hybridized carbons (Fsp3) is 0.391. The number of hydrogen-bond donors (Lipinski definition) is 7. The van der Waals surface area contributed by atoms with E-state index in [1.807, 2.05) is 0 Å². The maximum absolute atomic E-state index is 10.5. The van der Waals surface area contributed by atoms with Gasteiger partial charge in [-0.25, -0.2) is 0 Å². The van der Waals surface area contributed by atoms with Crippen LogP contribution in [0.25, 0.3) is 0 Å². The standard InChI is InChI=1S/C23H24O10/c24-10-18-19(29)20(30)22-23(32-18)31-17(3-1-2-11-4-6-13(25)15(27)8-11)21(33-22)12-5-7-14(26)16(28)9-12/h4-9,17-30H,3,10H2/t17?,18-,19-,20+,21?,22-,23-/m1/s1. The molecule has 0 radical (unpaired) electrons. The van der Waals surface area contributed by atoms with Crippen LogP contribution < -0.4 is 0 Å². The van der Waals surface area contributed by atoms with Gasteiger partial charge in [0.15, 0.2) is 29.3 Å². The predicted octanol–water partition coefficient (Wildman–Crippen LogP) is 0.215. The van der Waals surface area contributed by atoms with Gasteiger partial charge in [0.05, 0.1) is 6.61 Å². The highest BCUT2D eigenvalue weighted by atomic mass is 16.7. The van der Waals surface area contributed by atoms with Crippen LogP contribution in [-0.4, -0.2) is 79.2 Å². The molecule has 0 aliphatic carbocycles. The molecule has 0 saturated carbocycles. The van der Waals surface area contributed by atoms with Gasteiger partial charge in [0.2, 0.25) is 0 Å². The molecule has 0 bridgehead atoms. The van der Waals surface area contributed by atoms with E-state index in [2.05, 4.69) is 11.8 Å². The molecule has 7 atom stereocenters. The van der Waals surface area contributed by atoms with Crippen molar-refractivity contribution in [2.75, 3.05) is 6.61 Å². The van der Waals surface area contributed by atoms with Crippen molar-refractivity contribution in [3.05, 3.63) is 47.5 Å². The normalized spacial score (nSPS) is 31.3. The van der Waals surface area contributed by atoms with Gasteiger partial charge < -0.3 is 50.0 Å². The predicted molar refractivity (Wildman–Crippen MR) is 111 cm³/mol. The van der Waals surface area contributed by atoms with E-state index in [0.717, 1.165) is 0 Å². The van der Waals surface area contributed by atoms with Crippen molar-refractivity contribution in [2.24, 2.45) is 0 Å². The number of ether oxygens (including phenoxy) is 3. The Morgan fingerprint density at radius 3 is 2.09 bits per heavy atom. The maximum atomic E-state index is 10.5. The van der Waals surface area contributed by atoms with E-state index >= 15 is 0 Å². The quantitative estimate of drug-likeness (QED) is 0.248. The zero-order chi connectivity index (χ0) is 23.7. The second-order valence-electron chi connectivity index (χ2n) is 7.86. The van der Waals surface area contributed by atoms with Gasteiger partial charge in [-0.15, -0.1) is 0 Å². The molecule has 2 fully saturated rings. The molecule has 0 amide bonds. The molecule has 0 spiro atoms. The minimum Gasteiger partial charge on any atom is -0.504 e. The second kappa shape index (κ2) is 9.44. The van der Waals surface area contributed by atoms with Crippen LogP contribution in [0.15, 0.2) is 36.4 Å². The number of phenolic OH excluding ortho intramolecular Hbond substituents is 4. The van der Waals surface area contributed by atoms with Gasteiger partial charge in [0.1, 0.15) is 36.6 Å². The Labute approximate surface area is 188 Å². The molecule has 10 nitrogen and oxygen atoms in total. The summed E-state index contributed by atoms with van der Waals surface area (Å²) in [5.41, 5.74) is 0.885. The zero-order valence-electron chi connectivity index (χ0n) is 17.3. The van der Waals surface area contributed by atoms with Gasteiger partial charge in [0.25, 0.3) is 0 Å². The third-order valence-corrected chi connectivity index (χ3v) is 5.61. The number of hydrogen-bond acceptors (Lipinski definition) is 10. The smallest absolute Gasteiger partial charge is 0.187 e. The zero-order valence-corrected chi connectivity index (χ0v) is 17.3. The van der Waals surface area contributed by atoms with Crippen LogP contribution in [0.2, 0.25) is 0 Å². The fourth-order valence-corrected chi connectivity index (χ4v) is 3.83. The molecular weight excluding hydrogens is 436 g/mol. The molecule has 2 unspecified atom stereocenters. The van der Waals surface area contributed by atoms with Crippen LogP contribution in [0.4, 0.5) is 0 Å². The van der Waals surface area contributed by atoms with E-state index in [4.69, 9.17) is 14.2 Å². The summed E-state index contributed by atoms with van der Waals surface area (Å²) in [6.07, 6.45) is -7.54. The van der Waals surface area contributed by atoms with Crippen molar-refractivity contribution in [3.63, 3.8) is 0 Å². The topological polar surface area (TPSA) is 169 Å². The van der Waals surface area contributed by atoms with Gasteiger partial charge in [-0.2, -0.15) is 0 Å². The molecule has 176 valence electrons. The Morgan fingerprint density at radius 2 is 1.42 bits per heavy atom. The Morgan fingerprint density at radius 1 is 0.758 bits per heavy atom. The minimum absolute atomic E-state index is 0.100. The Balaban J connectivity index is 1.61. The van der Waals surface area contributed by atoms with Gasteiger partial charge in [-0.1, -0.05) is 17.9 Å². The van der Waals surface area contributed by atoms with E-state index in [1.54, 1.807) is 0 Å². The van der Waals surface area contributed by atoms with E-state index < -0.39 is 49.5 Å². The number of rotatable bonds is 3. The Hall–Kier alpha value is -3.04. The van der Waals surface area contributed by atoms with Crippen molar-refractivity contribution < 1.29 is 50.0 Å². The van der Waals surface area contributed by atoms with E-state index in [9.17, 15) is 35.7 Å². The first-order valence-corrected chi connectivity index (χ1v) is 10.2. The molecule has 2 saturated heterocycles. The van der Waals surface area contributed by atoms with Crippen LogP contribution in [0.5, 0.6) is 23.0 Å². The molecule has 2 aliphatic heterocycles. The molecular formula is C23H24O10. The number of aliphatic hydroxyl groups excluding tert-OH is 3. The average Bonchev–Trinajstić information content (AvgIpc) is 2.80. The number of phenols is 4. The van der Waals surface area contributed by atoms with E-state index in [-0.39, 0.29) is 29.4 Å². The summed E-state index contributed by atoms with van der Waals surface area (Å²) in [5.74, 6) is 4.49. The maximum Gasteiger partial charge on any atom is 0.187 e. The molecule has 2 heterocycles. The SMILES string of the molecule is OC[C@H]1O[C@H]2OC(CC#Cc3ccc(O)c(O)c3)C(c3ccc(O)c(O)c3)O[C@@H]2[C@@H](O)[C@@H]1O. The van der Waals surface area contributed by atoms with Crippen molar-refractivity contribution in [2.45, 2.75) is 49.3 Å². The van der Waals surface area contributed by atoms with Gasteiger partial charge in [-0.3, -0.25) is 0 Å². The fourth-order valence-electron chi connectivity index (χ4n) is 3.83. The molecule has 2 aromatic carbocycles. The summed E-state index contributed by atoms with van der Waals surface area (Å²) in [4.78, 5) is 0. The average molecular weight is 460 g/mol. The van der Waals surface area contributed by atoms with Crippen LogP contribution in [-0.2, 0) is 14.2 Å². The third-order valence-electron chi connectivity index (χ3n) is 5.61. The highest BCUT2D eigenvalue weighted by Crippen LogP contribution is 2.40. The molecule has 2 aromatic rings. The lowest BCUT2D eigenvalue weighted by molar-refractivity contribution is -0.367. The summed E-state index contributed by atoms with van der Waals surface area (Å²) < 4.78 is 17.6. The summed E-state index contributed by atoms with van der Waals surface area (Å²) in [7, 11) is 0. The highest BCUT2D eigenvalue weighted by Gasteiger charge is 2.51. The third kappa shape index (κ3) is 4.69. The van der Waals surface area contributed by atoms with Crippen molar-refractivity contribution in [1.82, 2.24) is 0 Å². The summed E-state index contributed by atoms with van der Waals surface area (Å²) >= 11 is 0. The molecule has 10 heteroatoms. The van der Waals surface area contributed by atoms with E-state index in [1.165, 1.54) is 36.4 Å². The van der Waals surface area contributed by atoms with Crippen LogP contribution in [0, 0.1) is 11.8 Å². The van der Waals surface area contributed by atoms with Crippen LogP contribution in [0.1, 0.15) is 23.7 Å². The molecule has 0 aromatic heterocycles. The van der Waals surface area contributed by atoms with Gasteiger partial charge in [-0.05, 0) is 35.9 Å².